The first-order valence-electron chi connectivity index (χ1n) is 14.2. The standard InChI is InChI=1S/C36H29N3O2/c1-20(2)23-12-9-13-24(21(3)4)33(23)39-29-15-8-7-14-28(29)38-36(39)27-18-30-32(37-19-40-30)31-26-17-16-22-10-5-6-11-25(22)34(26)41-35(27)31/h5-21H,1-4H3. The maximum absolute atomic E-state index is 6.84. The highest BCUT2D eigenvalue weighted by atomic mass is 16.3. The number of benzene rings is 5. The maximum atomic E-state index is 6.84. The second-order valence-corrected chi connectivity index (χ2v) is 11.4. The Bertz CT molecular complexity index is 2250. The smallest absolute Gasteiger partial charge is 0.182 e. The molecule has 5 heteroatoms. The van der Waals surface area contributed by atoms with Crippen molar-refractivity contribution in [2.75, 3.05) is 0 Å². The highest BCUT2D eigenvalue weighted by Gasteiger charge is 2.26. The number of imidazole rings is 1. The molecule has 0 N–H and O–H groups in total. The SMILES string of the molecule is CC(C)c1cccc(C(C)C)c1-n1c(-c2cc3ocnc3c3c2oc2c4ccccc4ccc23)nc2ccccc21. The Labute approximate surface area is 237 Å². The Hall–Kier alpha value is -4.90. The van der Waals surface area contributed by atoms with Gasteiger partial charge in [0.15, 0.2) is 12.0 Å². The normalized spacial score (nSPS) is 12.3. The van der Waals surface area contributed by atoms with Crippen molar-refractivity contribution in [2.45, 2.75) is 39.5 Å². The third-order valence-electron chi connectivity index (χ3n) is 8.30. The summed E-state index contributed by atoms with van der Waals surface area (Å²) >= 11 is 0. The number of furan rings is 1. The Morgan fingerprint density at radius 1 is 0.732 bits per heavy atom. The van der Waals surface area contributed by atoms with Crippen LogP contribution < -0.4 is 0 Å². The summed E-state index contributed by atoms with van der Waals surface area (Å²) in [5.74, 6) is 1.48. The molecule has 0 spiro atoms. The number of oxazole rings is 1. The molecule has 0 amide bonds. The number of aromatic nitrogens is 3. The molecule has 0 saturated carbocycles. The minimum atomic E-state index is 0.326. The van der Waals surface area contributed by atoms with Gasteiger partial charge in [-0.15, -0.1) is 0 Å². The molecule has 0 saturated heterocycles. The third kappa shape index (κ3) is 3.42. The van der Waals surface area contributed by atoms with E-state index in [1.165, 1.54) is 23.2 Å². The summed E-state index contributed by atoms with van der Waals surface area (Å²) in [7, 11) is 0. The lowest BCUT2D eigenvalue weighted by Gasteiger charge is -2.22. The minimum absolute atomic E-state index is 0.326. The lowest BCUT2D eigenvalue weighted by molar-refractivity contribution is 0.602. The topological polar surface area (TPSA) is 57.0 Å². The lowest BCUT2D eigenvalue weighted by atomic mass is 9.92. The summed E-state index contributed by atoms with van der Waals surface area (Å²) in [6.07, 6.45) is 1.52. The Morgan fingerprint density at radius 3 is 2.29 bits per heavy atom. The van der Waals surface area contributed by atoms with Crippen molar-refractivity contribution in [3.05, 3.63) is 102 Å². The first-order valence-corrected chi connectivity index (χ1v) is 14.2. The summed E-state index contributed by atoms with van der Waals surface area (Å²) in [6, 6.07) is 29.7. The molecule has 0 atom stereocenters. The highest BCUT2D eigenvalue weighted by molar-refractivity contribution is 6.24. The van der Waals surface area contributed by atoms with E-state index >= 15 is 0 Å². The van der Waals surface area contributed by atoms with Crippen LogP contribution in [0.1, 0.15) is 50.7 Å². The molecule has 41 heavy (non-hydrogen) atoms. The van der Waals surface area contributed by atoms with Gasteiger partial charge < -0.3 is 8.83 Å². The first kappa shape index (κ1) is 23.9. The zero-order valence-electron chi connectivity index (χ0n) is 23.5. The molecule has 0 fully saturated rings. The summed E-state index contributed by atoms with van der Waals surface area (Å²) in [6.45, 7) is 9.02. The van der Waals surface area contributed by atoms with E-state index in [0.29, 0.717) is 17.4 Å². The Kier molecular flexibility index (Phi) is 5.14. The quantitative estimate of drug-likeness (QED) is 0.225. The monoisotopic (exact) mass is 535 g/mol. The first-order chi connectivity index (χ1) is 20.0. The van der Waals surface area contributed by atoms with Gasteiger partial charge in [-0.05, 0) is 52.6 Å². The van der Waals surface area contributed by atoms with E-state index in [-0.39, 0.29) is 0 Å². The Morgan fingerprint density at radius 2 is 1.49 bits per heavy atom. The van der Waals surface area contributed by atoms with Crippen molar-refractivity contribution >= 4 is 54.8 Å². The average Bonchev–Trinajstić information content (AvgIpc) is 3.71. The largest absolute Gasteiger partial charge is 0.455 e. The molecule has 5 aromatic carbocycles. The van der Waals surface area contributed by atoms with Gasteiger partial charge in [0.2, 0.25) is 0 Å². The van der Waals surface area contributed by atoms with Gasteiger partial charge in [0.1, 0.15) is 22.5 Å². The predicted octanol–water partition coefficient (Wildman–Crippen LogP) is 10.1. The van der Waals surface area contributed by atoms with Gasteiger partial charge in [0.05, 0.1) is 27.7 Å². The van der Waals surface area contributed by atoms with E-state index < -0.39 is 0 Å². The molecule has 0 unspecified atom stereocenters. The van der Waals surface area contributed by atoms with E-state index in [4.69, 9.17) is 13.8 Å². The van der Waals surface area contributed by atoms with Crippen LogP contribution in [0.2, 0.25) is 0 Å². The van der Waals surface area contributed by atoms with Crippen molar-refractivity contribution in [1.29, 1.82) is 0 Å². The van der Waals surface area contributed by atoms with Crippen LogP contribution in [0.4, 0.5) is 0 Å². The summed E-state index contributed by atoms with van der Waals surface area (Å²) < 4.78 is 15.1. The zero-order chi connectivity index (χ0) is 27.8. The molecular formula is C36H29N3O2. The van der Waals surface area contributed by atoms with Gasteiger partial charge >= 0.3 is 0 Å². The van der Waals surface area contributed by atoms with Crippen LogP contribution in [0.15, 0.2) is 100 Å². The van der Waals surface area contributed by atoms with E-state index in [0.717, 1.165) is 60.6 Å². The molecule has 0 aliphatic rings. The number of hydrogen-bond acceptors (Lipinski definition) is 4. The molecule has 0 aliphatic carbocycles. The number of para-hydroxylation sites is 3. The van der Waals surface area contributed by atoms with Gasteiger partial charge in [0, 0.05) is 10.8 Å². The van der Waals surface area contributed by atoms with Crippen LogP contribution >= 0.6 is 0 Å². The molecule has 200 valence electrons. The van der Waals surface area contributed by atoms with Crippen molar-refractivity contribution in [3.8, 4) is 17.1 Å². The number of nitrogens with zero attached hydrogens (tertiary/aromatic N) is 3. The average molecular weight is 536 g/mol. The summed E-state index contributed by atoms with van der Waals surface area (Å²) in [5, 5.41) is 4.18. The summed E-state index contributed by atoms with van der Waals surface area (Å²) in [5.41, 5.74) is 9.76. The fraction of sp³-hybridized carbons (Fsp3) is 0.167. The summed E-state index contributed by atoms with van der Waals surface area (Å²) in [4.78, 5) is 9.90. The van der Waals surface area contributed by atoms with E-state index in [9.17, 15) is 0 Å². The van der Waals surface area contributed by atoms with Crippen LogP contribution in [0.3, 0.4) is 0 Å². The van der Waals surface area contributed by atoms with Crippen LogP contribution in [0.25, 0.3) is 71.9 Å². The molecule has 0 aliphatic heterocycles. The van der Waals surface area contributed by atoms with Gasteiger partial charge in [-0.2, -0.15) is 0 Å². The van der Waals surface area contributed by atoms with Crippen LogP contribution in [0.5, 0.6) is 0 Å². The molecule has 3 aromatic heterocycles. The number of rotatable bonds is 4. The fourth-order valence-electron chi connectivity index (χ4n) is 6.36. The van der Waals surface area contributed by atoms with E-state index in [2.05, 4.69) is 110 Å². The molecule has 0 radical (unpaired) electrons. The minimum Gasteiger partial charge on any atom is -0.455 e. The van der Waals surface area contributed by atoms with Gasteiger partial charge in [-0.1, -0.05) is 88.4 Å². The molecule has 8 aromatic rings. The van der Waals surface area contributed by atoms with Crippen LogP contribution in [-0.4, -0.2) is 14.5 Å². The van der Waals surface area contributed by atoms with Crippen molar-refractivity contribution in [3.63, 3.8) is 0 Å². The van der Waals surface area contributed by atoms with Crippen molar-refractivity contribution in [1.82, 2.24) is 14.5 Å². The molecule has 3 heterocycles. The highest BCUT2D eigenvalue weighted by Crippen LogP contribution is 2.44. The molecule has 0 bridgehead atoms. The second-order valence-electron chi connectivity index (χ2n) is 11.4. The molecule has 8 rings (SSSR count). The fourth-order valence-corrected chi connectivity index (χ4v) is 6.36. The van der Waals surface area contributed by atoms with Gasteiger partial charge in [-0.25, -0.2) is 9.97 Å². The Balaban J connectivity index is 1.57. The zero-order valence-corrected chi connectivity index (χ0v) is 23.5. The van der Waals surface area contributed by atoms with E-state index in [1.54, 1.807) is 0 Å². The van der Waals surface area contributed by atoms with E-state index in [1.807, 2.05) is 12.1 Å². The van der Waals surface area contributed by atoms with Crippen LogP contribution in [-0.2, 0) is 0 Å². The van der Waals surface area contributed by atoms with Crippen molar-refractivity contribution < 1.29 is 8.83 Å². The lowest BCUT2D eigenvalue weighted by Crippen LogP contribution is -2.08. The van der Waals surface area contributed by atoms with Gasteiger partial charge in [-0.3, -0.25) is 4.57 Å². The number of hydrogen-bond donors (Lipinski definition) is 0. The molecule has 5 nitrogen and oxygen atoms in total. The van der Waals surface area contributed by atoms with Crippen molar-refractivity contribution in [2.24, 2.45) is 0 Å². The maximum Gasteiger partial charge on any atom is 0.182 e. The predicted molar refractivity (Wildman–Crippen MR) is 167 cm³/mol. The molecular weight excluding hydrogens is 506 g/mol. The van der Waals surface area contributed by atoms with Crippen LogP contribution in [0, 0.1) is 0 Å². The second kappa shape index (κ2) is 8.80. The van der Waals surface area contributed by atoms with Gasteiger partial charge in [0.25, 0.3) is 0 Å². The number of fused-ring (bicyclic) bond motifs is 8. The third-order valence-corrected chi connectivity index (χ3v) is 8.30.